The topological polar surface area (TPSA) is 30.0 Å². The lowest BCUT2D eigenvalue weighted by Crippen LogP contribution is -1.94. The van der Waals surface area contributed by atoms with Gasteiger partial charge in [0.2, 0.25) is 0 Å². The Morgan fingerprint density at radius 2 is 2.14 bits per heavy atom. The first kappa shape index (κ1) is 8.88. The van der Waals surface area contributed by atoms with Gasteiger partial charge in [-0.1, -0.05) is 18.2 Å². The maximum Gasteiger partial charge on any atom is 0.160 e. The molecule has 70 valence electrons. The van der Waals surface area contributed by atoms with Crippen molar-refractivity contribution in [3.63, 3.8) is 0 Å². The molecule has 0 saturated heterocycles. The number of fused-ring (bicyclic) bond motifs is 1. The lowest BCUT2D eigenvalue weighted by Gasteiger charge is -2.03. The van der Waals surface area contributed by atoms with E-state index in [1.165, 1.54) is 0 Å². The Balaban J connectivity index is 2.84. The number of rotatable bonds is 1. The number of ketones is 1. The van der Waals surface area contributed by atoms with Gasteiger partial charge in [-0.2, -0.15) is 0 Å². The van der Waals surface area contributed by atoms with Crippen molar-refractivity contribution in [3.8, 4) is 0 Å². The van der Waals surface area contributed by atoms with E-state index >= 15 is 0 Å². The van der Waals surface area contributed by atoms with Crippen LogP contribution in [0.25, 0.3) is 10.8 Å². The van der Waals surface area contributed by atoms with Gasteiger partial charge in [-0.05, 0) is 25.3 Å². The van der Waals surface area contributed by atoms with E-state index in [4.69, 9.17) is 0 Å². The minimum absolute atomic E-state index is 0.0983. The monoisotopic (exact) mass is 185 g/mol. The fourth-order valence-corrected chi connectivity index (χ4v) is 1.58. The Morgan fingerprint density at radius 3 is 2.86 bits per heavy atom. The number of aromatic nitrogens is 1. The van der Waals surface area contributed by atoms with Crippen molar-refractivity contribution < 1.29 is 4.79 Å². The van der Waals surface area contributed by atoms with Crippen LogP contribution in [-0.2, 0) is 0 Å². The zero-order valence-corrected chi connectivity index (χ0v) is 8.24. The first-order chi connectivity index (χ1) is 6.68. The zero-order chi connectivity index (χ0) is 10.1. The molecule has 1 heterocycles. The van der Waals surface area contributed by atoms with Crippen LogP contribution in [0, 0.1) is 6.92 Å². The highest BCUT2D eigenvalue weighted by Gasteiger charge is 2.04. The third kappa shape index (κ3) is 1.39. The second-order valence-electron chi connectivity index (χ2n) is 3.41. The molecule has 0 bridgehead atoms. The van der Waals surface area contributed by atoms with Gasteiger partial charge < -0.3 is 0 Å². The van der Waals surface area contributed by atoms with Gasteiger partial charge >= 0.3 is 0 Å². The molecule has 2 aromatic rings. The normalized spacial score (nSPS) is 10.4. The average molecular weight is 185 g/mol. The van der Waals surface area contributed by atoms with Gasteiger partial charge in [0.25, 0.3) is 0 Å². The van der Waals surface area contributed by atoms with Crippen LogP contribution in [0.5, 0.6) is 0 Å². The summed E-state index contributed by atoms with van der Waals surface area (Å²) in [5.74, 6) is 0.0983. The fourth-order valence-electron chi connectivity index (χ4n) is 1.58. The summed E-state index contributed by atoms with van der Waals surface area (Å²) >= 11 is 0. The van der Waals surface area contributed by atoms with E-state index in [0.717, 1.165) is 22.0 Å². The minimum atomic E-state index is 0.0983. The summed E-state index contributed by atoms with van der Waals surface area (Å²) in [5.41, 5.74) is 1.71. The highest BCUT2D eigenvalue weighted by atomic mass is 16.1. The number of benzene rings is 1. The van der Waals surface area contributed by atoms with Crippen LogP contribution in [0.4, 0.5) is 0 Å². The number of Topliss-reactive ketones (excluding diaryl/α,β-unsaturated/α-hetero) is 1. The van der Waals surface area contributed by atoms with Crippen LogP contribution in [0.1, 0.15) is 23.0 Å². The SMILES string of the molecule is CC(=O)c1cccc2cnc(C)cc12. The Morgan fingerprint density at radius 1 is 1.36 bits per heavy atom. The van der Waals surface area contributed by atoms with E-state index in [1.807, 2.05) is 31.2 Å². The molecule has 0 radical (unpaired) electrons. The molecule has 2 heteroatoms. The van der Waals surface area contributed by atoms with Crippen molar-refractivity contribution >= 4 is 16.6 Å². The number of aryl methyl sites for hydroxylation is 1. The van der Waals surface area contributed by atoms with E-state index in [2.05, 4.69) is 4.98 Å². The molecule has 0 amide bonds. The van der Waals surface area contributed by atoms with E-state index in [9.17, 15) is 4.79 Å². The van der Waals surface area contributed by atoms with Crippen molar-refractivity contribution in [2.24, 2.45) is 0 Å². The molecule has 14 heavy (non-hydrogen) atoms. The molecule has 1 aromatic carbocycles. The summed E-state index contributed by atoms with van der Waals surface area (Å²) in [6.07, 6.45) is 1.80. The fraction of sp³-hybridized carbons (Fsp3) is 0.167. The first-order valence-corrected chi connectivity index (χ1v) is 4.55. The van der Waals surface area contributed by atoms with Gasteiger partial charge in [0.05, 0.1) is 0 Å². The second kappa shape index (κ2) is 3.22. The number of hydrogen-bond acceptors (Lipinski definition) is 2. The molecule has 0 aliphatic rings. The smallest absolute Gasteiger partial charge is 0.160 e. The third-order valence-corrected chi connectivity index (χ3v) is 2.28. The molecule has 2 rings (SSSR count). The number of pyridine rings is 1. The van der Waals surface area contributed by atoms with Crippen LogP contribution in [-0.4, -0.2) is 10.8 Å². The Bertz CT molecular complexity index is 503. The predicted octanol–water partition coefficient (Wildman–Crippen LogP) is 2.75. The van der Waals surface area contributed by atoms with Crippen LogP contribution in [0.2, 0.25) is 0 Å². The maximum atomic E-state index is 11.4. The summed E-state index contributed by atoms with van der Waals surface area (Å²) < 4.78 is 0. The summed E-state index contributed by atoms with van der Waals surface area (Å²) in [5, 5.41) is 2.01. The molecule has 0 N–H and O–H groups in total. The highest BCUT2D eigenvalue weighted by molar-refractivity contribution is 6.06. The molecule has 0 aliphatic carbocycles. The molecular weight excluding hydrogens is 174 g/mol. The lowest BCUT2D eigenvalue weighted by molar-refractivity contribution is 0.101. The quantitative estimate of drug-likeness (QED) is 0.639. The summed E-state index contributed by atoms with van der Waals surface area (Å²) in [7, 11) is 0. The van der Waals surface area contributed by atoms with E-state index < -0.39 is 0 Å². The summed E-state index contributed by atoms with van der Waals surface area (Å²) in [6, 6.07) is 7.65. The minimum Gasteiger partial charge on any atom is -0.294 e. The molecule has 1 aromatic heterocycles. The van der Waals surface area contributed by atoms with Gasteiger partial charge in [0.15, 0.2) is 5.78 Å². The molecule has 0 saturated carbocycles. The molecule has 0 aliphatic heterocycles. The van der Waals surface area contributed by atoms with Crippen molar-refractivity contribution in [2.75, 3.05) is 0 Å². The highest BCUT2D eigenvalue weighted by Crippen LogP contribution is 2.19. The Labute approximate surface area is 82.6 Å². The second-order valence-corrected chi connectivity index (χ2v) is 3.41. The molecule has 2 nitrogen and oxygen atoms in total. The Hall–Kier alpha value is -1.70. The first-order valence-electron chi connectivity index (χ1n) is 4.55. The molecular formula is C12H11NO. The van der Waals surface area contributed by atoms with Crippen LogP contribution < -0.4 is 0 Å². The molecule has 0 unspecified atom stereocenters. The number of carbonyl (C=O) groups is 1. The maximum absolute atomic E-state index is 11.4. The van der Waals surface area contributed by atoms with Gasteiger partial charge in [0, 0.05) is 22.8 Å². The third-order valence-electron chi connectivity index (χ3n) is 2.28. The standard InChI is InChI=1S/C12H11NO/c1-8-6-12-10(7-13-8)4-3-5-11(12)9(2)14/h3-7H,1-2H3. The predicted molar refractivity (Wildman–Crippen MR) is 56.5 cm³/mol. The molecule has 0 fully saturated rings. The largest absolute Gasteiger partial charge is 0.294 e. The molecule has 0 atom stereocenters. The number of carbonyl (C=O) groups excluding carboxylic acids is 1. The number of hydrogen-bond donors (Lipinski definition) is 0. The van der Waals surface area contributed by atoms with Crippen LogP contribution in [0.3, 0.4) is 0 Å². The van der Waals surface area contributed by atoms with Crippen LogP contribution in [0.15, 0.2) is 30.5 Å². The Kier molecular flexibility index (Phi) is 2.04. The van der Waals surface area contributed by atoms with Gasteiger partial charge in [-0.25, -0.2) is 0 Å². The van der Waals surface area contributed by atoms with Crippen LogP contribution >= 0.6 is 0 Å². The van der Waals surface area contributed by atoms with Crippen molar-refractivity contribution in [1.29, 1.82) is 0 Å². The molecule has 0 spiro atoms. The van der Waals surface area contributed by atoms with Crippen molar-refractivity contribution in [1.82, 2.24) is 4.98 Å². The summed E-state index contributed by atoms with van der Waals surface area (Å²) in [6.45, 7) is 3.51. The average Bonchev–Trinajstić information content (AvgIpc) is 2.16. The van der Waals surface area contributed by atoms with Crippen molar-refractivity contribution in [2.45, 2.75) is 13.8 Å². The van der Waals surface area contributed by atoms with E-state index in [1.54, 1.807) is 13.1 Å². The lowest BCUT2D eigenvalue weighted by atomic mass is 10.0. The van der Waals surface area contributed by atoms with Gasteiger partial charge in [-0.3, -0.25) is 9.78 Å². The van der Waals surface area contributed by atoms with E-state index in [-0.39, 0.29) is 5.78 Å². The zero-order valence-electron chi connectivity index (χ0n) is 8.24. The van der Waals surface area contributed by atoms with E-state index in [0.29, 0.717) is 0 Å². The summed E-state index contributed by atoms with van der Waals surface area (Å²) in [4.78, 5) is 15.5. The van der Waals surface area contributed by atoms with Crippen molar-refractivity contribution in [3.05, 3.63) is 41.7 Å². The number of nitrogens with zero attached hydrogens (tertiary/aromatic N) is 1. The van der Waals surface area contributed by atoms with Gasteiger partial charge in [0.1, 0.15) is 0 Å². The van der Waals surface area contributed by atoms with Gasteiger partial charge in [-0.15, -0.1) is 0 Å².